The van der Waals surface area contributed by atoms with Crippen molar-refractivity contribution in [3.8, 4) is 5.69 Å². The number of rotatable bonds is 5. The third-order valence-electron chi connectivity index (χ3n) is 3.38. The summed E-state index contributed by atoms with van der Waals surface area (Å²) in [6.07, 6.45) is 0. The van der Waals surface area contributed by atoms with Crippen LogP contribution in [0.2, 0.25) is 0 Å². The maximum Gasteiger partial charge on any atom is 0.442 e. The lowest BCUT2D eigenvalue weighted by Gasteiger charge is -2.06. The van der Waals surface area contributed by atoms with Gasteiger partial charge in [-0.15, -0.1) is 0 Å². The molecule has 0 saturated heterocycles. The number of aromatic amines is 1. The van der Waals surface area contributed by atoms with Gasteiger partial charge in [-0.2, -0.15) is 0 Å². The maximum absolute atomic E-state index is 12.1. The van der Waals surface area contributed by atoms with E-state index in [0.29, 0.717) is 5.03 Å². The molecule has 0 fully saturated rings. The van der Waals surface area contributed by atoms with Crippen molar-refractivity contribution in [2.24, 2.45) is 0 Å². The molecule has 3 aromatic rings. The van der Waals surface area contributed by atoms with Gasteiger partial charge in [-0.05, 0) is 40.3 Å². The average molecular weight is 342 g/mol. The Balaban J connectivity index is 1.71. The minimum atomic E-state index is -0.507. The van der Waals surface area contributed by atoms with E-state index in [1.807, 2.05) is 61.5 Å². The lowest BCUT2D eigenvalue weighted by molar-refractivity contribution is -0.704. The minimum absolute atomic E-state index is 0.101. The zero-order valence-corrected chi connectivity index (χ0v) is 13.8. The summed E-state index contributed by atoms with van der Waals surface area (Å²) in [6.45, 7) is 1.92. The zero-order chi connectivity index (χ0) is 16.9. The van der Waals surface area contributed by atoms with Crippen LogP contribution < -0.4 is 15.6 Å². The van der Waals surface area contributed by atoms with Gasteiger partial charge >= 0.3 is 10.7 Å². The second kappa shape index (κ2) is 7.18. The Morgan fingerprint density at radius 2 is 1.88 bits per heavy atom. The van der Waals surface area contributed by atoms with E-state index in [1.54, 1.807) is 0 Å². The van der Waals surface area contributed by atoms with Crippen LogP contribution in [0.1, 0.15) is 5.56 Å². The molecule has 0 radical (unpaired) electrons. The minimum Gasteiger partial charge on any atom is -0.325 e. The predicted molar refractivity (Wildman–Crippen MR) is 91.4 cm³/mol. The fraction of sp³-hybridized carbons (Fsp3) is 0.118. The van der Waals surface area contributed by atoms with Gasteiger partial charge < -0.3 is 5.32 Å². The van der Waals surface area contributed by atoms with E-state index in [4.69, 9.17) is 4.52 Å². The van der Waals surface area contributed by atoms with Gasteiger partial charge in [-0.25, -0.2) is 4.79 Å². The van der Waals surface area contributed by atoms with Gasteiger partial charge in [0.2, 0.25) is 11.6 Å². The number of para-hydroxylation sites is 2. The van der Waals surface area contributed by atoms with Gasteiger partial charge in [0.05, 0.1) is 5.75 Å². The van der Waals surface area contributed by atoms with Crippen molar-refractivity contribution in [2.45, 2.75) is 11.9 Å². The van der Waals surface area contributed by atoms with Crippen molar-refractivity contribution < 1.29 is 14.0 Å². The highest BCUT2D eigenvalue weighted by atomic mass is 32.2. The van der Waals surface area contributed by atoms with Crippen LogP contribution in [-0.2, 0) is 4.79 Å². The highest BCUT2D eigenvalue weighted by Gasteiger charge is 2.24. The molecule has 6 nitrogen and oxygen atoms in total. The molecule has 0 aliphatic rings. The number of carbonyl (C=O) groups is 1. The fourth-order valence-electron chi connectivity index (χ4n) is 2.17. The first-order valence-corrected chi connectivity index (χ1v) is 8.31. The van der Waals surface area contributed by atoms with E-state index in [-0.39, 0.29) is 11.7 Å². The molecular weight excluding hydrogens is 326 g/mol. The molecular formula is C17H16N3O3S+. The first-order valence-electron chi connectivity index (χ1n) is 7.32. The second-order valence-electron chi connectivity index (χ2n) is 5.11. The molecule has 0 saturated carbocycles. The number of thioether (sulfide) groups is 1. The molecule has 0 bridgehead atoms. The van der Waals surface area contributed by atoms with Gasteiger partial charge in [-0.3, -0.25) is 9.32 Å². The van der Waals surface area contributed by atoms with Crippen LogP contribution >= 0.6 is 11.8 Å². The highest BCUT2D eigenvalue weighted by molar-refractivity contribution is 7.99. The number of aryl methyl sites for hydroxylation is 1. The van der Waals surface area contributed by atoms with Gasteiger partial charge in [0.25, 0.3) is 0 Å². The van der Waals surface area contributed by atoms with Crippen molar-refractivity contribution in [1.29, 1.82) is 0 Å². The van der Waals surface area contributed by atoms with Gasteiger partial charge in [0, 0.05) is 17.8 Å². The first-order chi connectivity index (χ1) is 11.6. The van der Waals surface area contributed by atoms with E-state index in [9.17, 15) is 9.59 Å². The molecule has 0 atom stereocenters. The van der Waals surface area contributed by atoms with Crippen molar-refractivity contribution in [3.05, 3.63) is 70.6 Å². The standard InChI is InChI=1S/C17H15N3O3S/c1-12-7-5-6-10-14(12)18-15(21)11-24-16-17(22)23-19-20(16)13-8-3-2-4-9-13/h2-10H,11H2,1H3,(H-,18,19,21,22)/p+1. The zero-order valence-electron chi connectivity index (χ0n) is 13.0. The Kier molecular flexibility index (Phi) is 4.81. The summed E-state index contributed by atoms with van der Waals surface area (Å²) in [5.74, 6) is -0.0847. The van der Waals surface area contributed by atoms with Crippen LogP contribution in [0, 0.1) is 6.92 Å². The van der Waals surface area contributed by atoms with E-state index in [0.717, 1.165) is 28.7 Å². The van der Waals surface area contributed by atoms with Gasteiger partial charge in [0.1, 0.15) is 0 Å². The largest absolute Gasteiger partial charge is 0.442 e. The Hall–Kier alpha value is -2.80. The Morgan fingerprint density at radius 1 is 1.17 bits per heavy atom. The molecule has 1 amide bonds. The van der Waals surface area contributed by atoms with E-state index in [2.05, 4.69) is 10.6 Å². The maximum atomic E-state index is 12.1. The predicted octanol–water partition coefficient (Wildman–Crippen LogP) is 2.28. The molecule has 0 unspecified atom stereocenters. The number of carbonyl (C=O) groups excluding carboxylic acids is 1. The number of hydrogen-bond acceptors (Lipinski definition) is 4. The normalized spacial score (nSPS) is 10.5. The van der Waals surface area contributed by atoms with Crippen molar-refractivity contribution >= 4 is 23.4 Å². The molecule has 24 heavy (non-hydrogen) atoms. The monoisotopic (exact) mass is 342 g/mol. The topological polar surface area (TPSA) is 79.0 Å². The van der Waals surface area contributed by atoms with Crippen molar-refractivity contribution in [2.75, 3.05) is 11.1 Å². The molecule has 0 aliphatic carbocycles. The summed E-state index contributed by atoms with van der Waals surface area (Å²) in [7, 11) is 0. The van der Waals surface area contributed by atoms with E-state index < -0.39 is 5.63 Å². The average Bonchev–Trinajstić information content (AvgIpc) is 2.97. The SMILES string of the molecule is Cc1ccccc1NC(=O)CSc1c(=O)o[nH][n+]1-c1ccccc1. The lowest BCUT2D eigenvalue weighted by atomic mass is 10.2. The summed E-state index contributed by atoms with van der Waals surface area (Å²) in [6, 6.07) is 16.8. The number of nitrogens with zero attached hydrogens (tertiary/aromatic N) is 1. The number of H-pyrrole nitrogens is 1. The molecule has 1 aromatic heterocycles. The molecule has 2 aromatic carbocycles. The van der Waals surface area contributed by atoms with Crippen LogP contribution in [0.15, 0.2) is 68.9 Å². The third kappa shape index (κ3) is 3.57. The Morgan fingerprint density at radius 3 is 2.62 bits per heavy atom. The number of benzene rings is 2. The quantitative estimate of drug-likeness (QED) is 0.551. The highest BCUT2D eigenvalue weighted by Crippen LogP contribution is 2.15. The molecule has 3 rings (SSSR count). The van der Waals surface area contributed by atoms with E-state index in [1.165, 1.54) is 4.68 Å². The number of nitrogens with one attached hydrogen (secondary N) is 2. The van der Waals surface area contributed by atoms with Crippen LogP contribution in [0.4, 0.5) is 5.69 Å². The lowest BCUT2D eigenvalue weighted by Crippen LogP contribution is -2.36. The number of aromatic nitrogens is 2. The van der Waals surface area contributed by atoms with Gasteiger partial charge in [0.15, 0.2) is 0 Å². The van der Waals surface area contributed by atoms with Gasteiger partial charge in [-0.1, -0.05) is 36.4 Å². The molecule has 0 spiro atoms. The number of anilines is 1. The fourth-order valence-corrected chi connectivity index (χ4v) is 2.94. The third-order valence-corrected chi connectivity index (χ3v) is 4.41. The number of hydrogen-bond donors (Lipinski definition) is 2. The van der Waals surface area contributed by atoms with E-state index >= 15 is 0 Å². The smallest absolute Gasteiger partial charge is 0.325 e. The van der Waals surface area contributed by atoms with Crippen molar-refractivity contribution in [1.82, 2.24) is 5.27 Å². The van der Waals surface area contributed by atoms with Crippen LogP contribution in [-0.4, -0.2) is 16.9 Å². The molecule has 0 aliphatic heterocycles. The molecule has 122 valence electrons. The molecule has 7 heteroatoms. The second-order valence-corrected chi connectivity index (χ2v) is 6.07. The summed E-state index contributed by atoms with van der Waals surface area (Å²) >= 11 is 1.12. The Labute approximate surface area is 142 Å². The van der Waals surface area contributed by atoms with Crippen molar-refractivity contribution in [3.63, 3.8) is 0 Å². The summed E-state index contributed by atoms with van der Waals surface area (Å²) in [4.78, 5) is 24.0. The molecule has 1 heterocycles. The van der Waals surface area contributed by atoms with Crippen LogP contribution in [0.25, 0.3) is 5.69 Å². The molecule has 2 N–H and O–H groups in total. The Bertz CT molecular complexity index is 903. The summed E-state index contributed by atoms with van der Waals surface area (Å²) < 4.78 is 6.37. The summed E-state index contributed by atoms with van der Waals surface area (Å²) in [5.41, 5.74) is 1.99. The van der Waals surface area contributed by atoms with Crippen LogP contribution in [0.3, 0.4) is 0 Å². The summed E-state index contributed by atoms with van der Waals surface area (Å²) in [5, 5.41) is 5.71. The van der Waals surface area contributed by atoms with Crippen LogP contribution in [0.5, 0.6) is 0 Å². The first kappa shape index (κ1) is 16.1. The number of amides is 1.